The lowest BCUT2D eigenvalue weighted by atomic mass is 9.87. The first kappa shape index (κ1) is 10.7. The maximum Gasteiger partial charge on any atom is 0.134 e. The van der Waals surface area contributed by atoms with Crippen molar-refractivity contribution in [3.05, 3.63) is 0 Å². The number of ketones is 1. The largest absolute Gasteiger partial charge is 0.381 e. The van der Waals surface area contributed by atoms with E-state index in [1.54, 1.807) is 6.92 Å². The van der Waals surface area contributed by atoms with Gasteiger partial charge in [-0.3, -0.25) is 4.79 Å². The predicted octanol–water partition coefficient (Wildman–Crippen LogP) is 0.967. The van der Waals surface area contributed by atoms with Crippen LogP contribution in [-0.2, 0) is 9.53 Å². The SMILES string of the molecule is CC(=O)C(CN)CC1CCOCC1. The molecule has 0 saturated carbocycles. The fourth-order valence-corrected chi connectivity index (χ4v) is 1.81. The maximum absolute atomic E-state index is 11.1. The lowest BCUT2D eigenvalue weighted by Gasteiger charge is -2.24. The molecule has 0 bridgehead atoms. The molecule has 0 aliphatic carbocycles. The second-order valence-electron chi connectivity index (χ2n) is 3.83. The molecule has 1 aliphatic rings. The summed E-state index contributed by atoms with van der Waals surface area (Å²) in [5, 5.41) is 0. The van der Waals surface area contributed by atoms with Crippen LogP contribution in [0.25, 0.3) is 0 Å². The van der Waals surface area contributed by atoms with E-state index in [0.29, 0.717) is 12.5 Å². The van der Waals surface area contributed by atoms with Crippen molar-refractivity contribution in [2.75, 3.05) is 19.8 Å². The van der Waals surface area contributed by atoms with Crippen molar-refractivity contribution in [1.82, 2.24) is 0 Å². The van der Waals surface area contributed by atoms with E-state index in [2.05, 4.69) is 0 Å². The van der Waals surface area contributed by atoms with Crippen molar-refractivity contribution >= 4 is 5.78 Å². The topological polar surface area (TPSA) is 52.3 Å². The van der Waals surface area contributed by atoms with Gasteiger partial charge in [0.2, 0.25) is 0 Å². The fraction of sp³-hybridized carbons (Fsp3) is 0.900. The molecule has 1 heterocycles. The molecule has 2 N–H and O–H groups in total. The summed E-state index contributed by atoms with van der Waals surface area (Å²) < 4.78 is 5.26. The number of carbonyl (C=O) groups is 1. The van der Waals surface area contributed by atoms with Crippen molar-refractivity contribution < 1.29 is 9.53 Å². The van der Waals surface area contributed by atoms with Crippen molar-refractivity contribution in [1.29, 1.82) is 0 Å². The van der Waals surface area contributed by atoms with Crippen molar-refractivity contribution in [2.24, 2.45) is 17.6 Å². The molecule has 1 rings (SSSR count). The van der Waals surface area contributed by atoms with Gasteiger partial charge >= 0.3 is 0 Å². The first-order valence-electron chi connectivity index (χ1n) is 5.02. The number of hydrogen-bond acceptors (Lipinski definition) is 3. The van der Waals surface area contributed by atoms with Crippen molar-refractivity contribution in [2.45, 2.75) is 26.2 Å². The molecule has 1 atom stereocenters. The zero-order valence-electron chi connectivity index (χ0n) is 8.29. The highest BCUT2D eigenvalue weighted by molar-refractivity contribution is 5.78. The summed E-state index contributed by atoms with van der Waals surface area (Å²) >= 11 is 0. The molecule has 0 aromatic carbocycles. The van der Waals surface area contributed by atoms with E-state index in [4.69, 9.17) is 10.5 Å². The highest BCUT2D eigenvalue weighted by atomic mass is 16.5. The Morgan fingerprint density at radius 1 is 1.54 bits per heavy atom. The molecule has 3 nitrogen and oxygen atoms in total. The van der Waals surface area contributed by atoms with E-state index in [9.17, 15) is 4.79 Å². The van der Waals surface area contributed by atoms with E-state index in [-0.39, 0.29) is 11.7 Å². The van der Waals surface area contributed by atoms with Gasteiger partial charge in [-0.25, -0.2) is 0 Å². The summed E-state index contributed by atoms with van der Waals surface area (Å²) in [5.74, 6) is 0.947. The highest BCUT2D eigenvalue weighted by Gasteiger charge is 2.20. The monoisotopic (exact) mass is 185 g/mol. The first-order chi connectivity index (χ1) is 6.24. The second-order valence-corrected chi connectivity index (χ2v) is 3.83. The minimum Gasteiger partial charge on any atom is -0.381 e. The third-order valence-corrected chi connectivity index (χ3v) is 2.82. The van der Waals surface area contributed by atoms with Crippen LogP contribution >= 0.6 is 0 Å². The number of nitrogens with two attached hydrogens (primary N) is 1. The van der Waals surface area contributed by atoms with Gasteiger partial charge in [0.1, 0.15) is 5.78 Å². The molecule has 0 radical (unpaired) electrons. The van der Waals surface area contributed by atoms with Gasteiger partial charge < -0.3 is 10.5 Å². The third kappa shape index (κ3) is 3.44. The van der Waals surface area contributed by atoms with Crippen LogP contribution in [0.2, 0.25) is 0 Å². The molecule has 1 saturated heterocycles. The highest BCUT2D eigenvalue weighted by Crippen LogP contribution is 2.22. The molecule has 76 valence electrons. The normalized spacial score (nSPS) is 21.4. The van der Waals surface area contributed by atoms with E-state index in [1.807, 2.05) is 0 Å². The molecule has 0 spiro atoms. The minimum absolute atomic E-state index is 0.0723. The lowest BCUT2D eigenvalue weighted by Crippen LogP contribution is -2.27. The number of carbonyl (C=O) groups excluding carboxylic acids is 1. The molecule has 0 amide bonds. The Bertz CT molecular complexity index is 164. The van der Waals surface area contributed by atoms with Crippen LogP contribution in [0, 0.1) is 11.8 Å². The number of rotatable bonds is 4. The number of hydrogen-bond donors (Lipinski definition) is 1. The average Bonchev–Trinajstić information content (AvgIpc) is 2.15. The molecule has 1 aliphatic heterocycles. The van der Waals surface area contributed by atoms with Gasteiger partial charge in [0.25, 0.3) is 0 Å². The summed E-state index contributed by atoms with van der Waals surface area (Å²) in [6.45, 7) is 3.82. The van der Waals surface area contributed by atoms with Gasteiger partial charge in [0.05, 0.1) is 0 Å². The predicted molar refractivity (Wildman–Crippen MR) is 51.4 cm³/mol. The number of Topliss-reactive ketones (excluding diaryl/α,β-unsaturated/α-hetero) is 1. The van der Waals surface area contributed by atoms with Crippen LogP contribution in [0.1, 0.15) is 26.2 Å². The van der Waals surface area contributed by atoms with Gasteiger partial charge in [-0.05, 0) is 32.1 Å². The number of ether oxygens (including phenoxy) is 1. The summed E-state index contributed by atoms with van der Waals surface area (Å²) in [4.78, 5) is 11.1. The quantitative estimate of drug-likeness (QED) is 0.710. The van der Waals surface area contributed by atoms with Crippen molar-refractivity contribution in [3.63, 3.8) is 0 Å². The Morgan fingerprint density at radius 3 is 2.62 bits per heavy atom. The Hall–Kier alpha value is -0.410. The maximum atomic E-state index is 11.1. The summed E-state index contributed by atoms with van der Waals surface area (Å²) in [6, 6.07) is 0. The Kier molecular flexibility index (Phi) is 4.39. The molecular weight excluding hydrogens is 166 g/mol. The van der Waals surface area contributed by atoms with Gasteiger partial charge in [0, 0.05) is 25.7 Å². The zero-order valence-corrected chi connectivity index (χ0v) is 8.29. The lowest BCUT2D eigenvalue weighted by molar-refractivity contribution is -0.121. The Labute approximate surface area is 79.6 Å². The first-order valence-corrected chi connectivity index (χ1v) is 5.02. The van der Waals surface area contributed by atoms with Crippen LogP contribution in [-0.4, -0.2) is 25.5 Å². The summed E-state index contributed by atoms with van der Waals surface area (Å²) in [6.07, 6.45) is 3.13. The summed E-state index contributed by atoms with van der Waals surface area (Å²) in [5.41, 5.74) is 5.54. The zero-order chi connectivity index (χ0) is 9.68. The van der Waals surface area contributed by atoms with Crippen LogP contribution in [0.15, 0.2) is 0 Å². The molecule has 1 unspecified atom stereocenters. The molecule has 1 fully saturated rings. The summed E-state index contributed by atoms with van der Waals surface area (Å²) in [7, 11) is 0. The van der Waals surface area contributed by atoms with E-state index in [1.165, 1.54) is 0 Å². The second kappa shape index (κ2) is 5.35. The molecular formula is C10H19NO2. The fourth-order valence-electron chi connectivity index (χ4n) is 1.81. The molecule has 0 aromatic heterocycles. The molecule has 0 aromatic rings. The molecule has 13 heavy (non-hydrogen) atoms. The van der Waals surface area contributed by atoms with Crippen LogP contribution in [0.4, 0.5) is 0 Å². The van der Waals surface area contributed by atoms with Crippen molar-refractivity contribution in [3.8, 4) is 0 Å². The van der Waals surface area contributed by atoms with Crippen LogP contribution in [0.3, 0.4) is 0 Å². The average molecular weight is 185 g/mol. The Balaban J connectivity index is 2.31. The van der Waals surface area contributed by atoms with Crippen LogP contribution < -0.4 is 5.73 Å². The Morgan fingerprint density at radius 2 is 2.15 bits per heavy atom. The minimum atomic E-state index is 0.0723. The third-order valence-electron chi connectivity index (χ3n) is 2.82. The van der Waals surface area contributed by atoms with Crippen LogP contribution in [0.5, 0.6) is 0 Å². The smallest absolute Gasteiger partial charge is 0.134 e. The van der Waals surface area contributed by atoms with Gasteiger partial charge in [-0.15, -0.1) is 0 Å². The van der Waals surface area contributed by atoms with Gasteiger partial charge in [-0.2, -0.15) is 0 Å². The standard InChI is InChI=1S/C10H19NO2/c1-8(12)10(7-11)6-9-2-4-13-5-3-9/h9-10H,2-7,11H2,1H3. The molecule has 3 heteroatoms. The van der Waals surface area contributed by atoms with Gasteiger partial charge in [0.15, 0.2) is 0 Å². The van der Waals surface area contributed by atoms with E-state index >= 15 is 0 Å². The van der Waals surface area contributed by atoms with E-state index in [0.717, 1.165) is 32.5 Å². The van der Waals surface area contributed by atoms with E-state index < -0.39 is 0 Å². The van der Waals surface area contributed by atoms with Gasteiger partial charge in [-0.1, -0.05) is 0 Å².